The molecule has 18 heavy (non-hydrogen) atoms. The van der Waals surface area contributed by atoms with Crippen LogP contribution in [0.4, 0.5) is 0 Å². The highest BCUT2D eigenvalue weighted by Crippen LogP contribution is 2.17. The highest BCUT2D eigenvalue weighted by Gasteiger charge is 2.13. The number of hydrogen-bond acceptors (Lipinski definition) is 3. The van der Waals surface area contributed by atoms with Crippen LogP contribution < -0.4 is 10.7 Å². The van der Waals surface area contributed by atoms with Crippen molar-refractivity contribution in [2.75, 3.05) is 0 Å². The van der Waals surface area contributed by atoms with Crippen molar-refractivity contribution in [3.8, 4) is 0 Å². The molecule has 2 rings (SSSR count). The lowest BCUT2D eigenvalue weighted by Gasteiger charge is -2.23. The van der Waals surface area contributed by atoms with Gasteiger partial charge in [-0.25, -0.2) is 0 Å². The van der Waals surface area contributed by atoms with Gasteiger partial charge in [0.15, 0.2) is 5.11 Å². The van der Waals surface area contributed by atoms with Gasteiger partial charge < -0.3 is 5.32 Å². The van der Waals surface area contributed by atoms with Crippen LogP contribution in [0.5, 0.6) is 0 Å². The fourth-order valence-corrected chi connectivity index (χ4v) is 2.29. The average Bonchev–Trinajstić information content (AvgIpc) is 2.41. The molecular weight excluding hydrogens is 244 g/mol. The Morgan fingerprint density at radius 1 is 1.33 bits per heavy atom. The smallest absolute Gasteiger partial charge is 0.187 e. The average molecular weight is 262 g/mol. The zero-order valence-corrected chi connectivity index (χ0v) is 11.1. The topological polar surface area (TPSA) is 49.3 Å². The third kappa shape index (κ3) is 4.41. The molecule has 0 spiro atoms. The number of nitrogens with zero attached hydrogens (tertiary/aromatic N) is 2. The van der Waals surface area contributed by atoms with Gasteiger partial charge in [0.05, 0.1) is 11.9 Å². The molecule has 0 saturated heterocycles. The van der Waals surface area contributed by atoms with Crippen LogP contribution in [-0.4, -0.2) is 22.4 Å². The van der Waals surface area contributed by atoms with Crippen LogP contribution in [0.2, 0.25) is 0 Å². The van der Waals surface area contributed by atoms with Crippen molar-refractivity contribution in [1.82, 2.24) is 15.7 Å². The van der Waals surface area contributed by atoms with Gasteiger partial charge in [-0.15, -0.1) is 0 Å². The van der Waals surface area contributed by atoms with Gasteiger partial charge in [0.25, 0.3) is 0 Å². The highest BCUT2D eigenvalue weighted by molar-refractivity contribution is 7.80. The molecule has 96 valence electrons. The molecule has 0 radical (unpaired) electrons. The Morgan fingerprint density at radius 3 is 2.89 bits per heavy atom. The van der Waals surface area contributed by atoms with Gasteiger partial charge in [0, 0.05) is 12.2 Å². The van der Waals surface area contributed by atoms with Gasteiger partial charge >= 0.3 is 0 Å². The minimum atomic E-state index is 0.504. The molecular formula is C13H18N4S. The van der Waals surface area contributed by atoms with E-state index in [4.69, 9.17) is 12.2 Å². The lowest BCUT2D eigenvalue weighted by Crippen LogP contribution is -2.40. The zero-order chi connectivity index (χ0) is 12.6. The lowest BCUT2D eigenvalue weighted by atomic mass is 9.96. The monoisotopic (exact) mass is 262 g/mol. The fourth-order valence-electron chi connectivity index (χ4n) is 2.07. The SMILES string of the molecule is S=C(N/N=C\c1ccccn1)NC1CCCCC1. The molecule has 1 saturated carbocycles. The minimum absolute atomic E-state index is 0.504. The first-order valence-electron chi connectivity index (χ1n) is 6.35. The van der Waals surface area contributed by atoms with Crippen LogP contribution in [0.1, 0.15) is 37.8 Å². The minimum Gasteiger partial charge on any atom is -0.359 e. The van der Waals surface area contributed by atoms with Gasteiger partial charge in [0.1, 0.15) is 0 Å². The maximum absolute atomic E-state index is 5.19. The molecule has 0 aliphatic heterocycles. The summed E-state index contributed by atoms with van der Waals surface area (Å²) in [5.74, 6) is 0. The third-order valence-electron chi connectivity index (χ3n) is 2.99. The maximum Gasteiger partial charge on any atom is 0.187 e. The maximum atomic E-state index is 5.19. The first-order chi connectivity index (χ1) is 8.84. The van der Waals surface area contributed by atoms with Crippen LogP contribution in [0.15, 0.2) is 29.5 Å². The van der Waals surface area contributed by atoms with E-state index in [0.717, 1.165) is 5.69 Å². The first kappa shape index (κ1) is 13.0. The van der Waals surface area contributed by atoms with Crippen molar-refractivity contribution in [2.24, 2.45) is 5.10 Å². The quantitative estimate of drug-likeness (QED) is 0.498. The Kier molecular flexibility index (Phi) is 5.08. The van der Waals surface area contributed by atoms with Gasteiger partial charge in [0.2, 0.25) is 0 Å². The molecule has 0 amide bonds. The molecule has 5 heteroatoms. The molecule has 0 atom stereocenters. The first-order valence-corrected chi connectivity index (χ1v) is 6.76. The summed E-state index contributed by atoms with van der Waals surface area (Å²) in [6, 6.07) is 6.19. The van der Waals surface area contributed by atoms with E-state index >= 15 is 0 Å². The van der Waals surface area contributed by atoms with E-state index in [9.17, 15) is 0 Å². The second-order valence-corrected chi connectivity index (χ2v) is 4.84. The van der Waals surface area contributed by atoms with Gasteiger partial charge in [-0.05, 0) is 37.2 Å². The second kappa shape index (κ2) is 7.06. The zero-order valence-electron chi connectivity index (χ0n) is 10.3. The fraction of sp³-hybridized carbons (Fsp3) is 0.462. The Balaban J connectivity index is 1.72. The van der Waals surface area contributed by atoms with Gasteiger partial charge in [-0.3, -0.25) is 10.4 Å². The Bertz CT molecular complexity index is 399. The summed E-state index contributed by atoms with van der Waals surface area (Å²) in [6.45, 7) is 0. The summed E-state index contributed by atoms with van der Waals surface area (Å²) in [4.78, 5) is 4.14. The summed E-state index contributed by atoms with van der Waals surface area (Å²) in [5, 5.41) is 7.95. The molecule has 0 bridgehead atoms. The van der Waals surface area contributed by atoms with Crippen LogP contribution in [-0.2, 0) is 0 Å². The summed E-state index contributed by atoms with van der Waals surface area (Å²) in [6.07, 6.45) is 9.72. The molecule has 1 heterocycles. The number of hydrogen-bond donors (Lipinski definition) is 2. The van der Waals surface area contributed by atoms with Gasteiger partial charge in [-0.1, -0.05) is 25.3 Å². The van der Waals surface area contributed by atoms with E-state index in [-0.39, 0.29) is 0 Å². The lowest BCUT2D eigenvalue weighted by molar-refractivity contribution is 0.412. The summed E-state index contributed by atoms with van der Waals surface area (Å²) in [5.41, 5.74) is 3.64. The van der Waals surface area contributed by atoms with E-state index in [2.05, 4.69) is 20.8 Å². The molecule has 1 aliphatic carbocycles. The van der Waals surface area contributed by atoms with Crippen LogP contribution in [0, 0.1) is 0 Å². The van der Waals surface area contributed by atoms with Gasteiger partial charge in [-0.2, -0.15) is 5.10 Å². The molecule has 1 aliphatic rings. The predicted octanol–water partition coefficient (Wildman–Crippen LogP) is 2.21. The van der Waals surface area contributed by atoms with Crippen molar-refractivity contribution in [3.05, 3.63) is 30.1 Å². The van der Waals surface area contributed by atoms with Crippen LogP contribution in [0.3, 0.4) is 0 Å². The summed E-state index contributed by atoms with van der Waals surface area (Å²) >= 11 is 5.19. The second-order valence-electron chi connectivity index (χ2n) is 4.43. The largest absolute Gasteiger partial charge is 0.359 e. The van der Waals surface area contributed by atoms with Crippen molar-refractivity contribution >= 4 is 23.5 Å². The summed E-state index contributed by atoms with van der Waals surface area (Å²) in [7, 11) is 0. The molecule has 0 unspecified atom stereocenters. The normalized spacial score (nSPS) is 16.7. The number of nitrogens with one attached hydrogen (secondary N) is 2. The number of aromatic nitrogens is 1. The molecule has 2 N–H and O–H groups in total. The Morgan fingerprint density at radius 2 is 2.17 bits per heavy atom. The highest BCUT2D eigenvalue weighted by atomic mass is 32.1. The molecule has 1 aromatic rings. The van der Waals surface area contributed by atoms with E-state index in [1.165, 1.54) is 32.1 Å². The predicted molar refractivity (Wildman–Crippen MR) is 77.6 cm³/mol. The number of rotatable bonds is 3. The van der Waals surface area contributed by atoms with Crippen molar-refractivity contribution < 1.29 is 0 Å². The van der Waals surface area contributed by atoms with Crippen molar-refractivity contribution in [1.29, 1.82) is 0 Å². The van der Waals surface area contributed by atoms with E-state index in [1.54, 1.807) is 12.4 Å². The standard InChI is InChI=1S/C13H18N4S/c18-13(16-11-6-2-1-3-7-11)17-15-10-12-8-4-5-9-14-12/h4-5,8-11H,1-3,6-7H2,(H2,16,17,18)/b15-10-. The van der Waals surface area contributed by atoms with Crippen LogP contribution >= 0.6 is 12.2 Å². The number of thiocarbonyl (C=S) groups is 1. The molecule has 1 fully saturated rings. The molecule has 4 nitrogen and oxygen atoms in total. The Labute approximate surface area is 113 Å². The van der Waals surface area contributed by atoms with Crippen molar-refractivity contribution in [3.63, 3.8) is 0 Å². The third-order valence-corrected chi connectivity index (χ3v) is 3.20. The number of hydrazone groups is 1. The van der Waals surface area contributed by atoms with Crippen LogP contribution in [0.25, 0.3) is 0 Å². The summed E-state index contributed by atoms with van der Waals surface area (Å²) < 4.78 is 0. The van der Waals surface area contributed by atoms with E-state index < -0.39 is 0 Å². The number of pyridine rings is 1. The molecule has 1 aromatic heterocycles. The Hall–Kier alpha value is -1.49. The van der Waals surface area contributed by atoms with E-state index in [0.29, 0.717) is 11.2 Å². The van der Waals surface area contributed by atoms with Crippen molar-refractivity contribution in [2.45, 2.75) is 38.1 Å². The van der Waals surface area contributed by atoms with E-state index in [1.807, 2.05) is 18.2 Å². The molecule has 0 aromatic carbocycles.